The van der Waals surface area contributed by atoms with Crippen molar-refractivity contribution < 1.29 is 9.22 Å². The number of rotatable bonds is 13. The van der Waals surface area contributed by atoms with Crippen molar-refractivity contribution >= 4 is 90.9 Å². The monoisotopic (exact) mass is 406 g/mol. The third kappa shape index (κ3) is 22.0. The minimum absolute atomic E-state index is 0. The minimum Gasteiger partial charge on any atom is 0.316 e. The Morgan fingerprint density at radius 2 is 1.36 bits per heavy atom. The Hall–Kier alpha value is 1.83. The maximum absolute atomic E-state index is 11.2. The van der Waals surface area contributed by atoms with Crippen LogP contribution in [0.15, 0.2) is 11.6 Å². The molecule has 0 rings (SSSR count). The molecule has 0 unspecified atom stereocenters. The van der Waals surface area contributed by atoms with Gasteiger partial charge in [0, 0.05) is 6.08 Å². The van der Waals surface area contributed by atoms with Crippen molar-refractivity contribution in [2.24, 2.45) is 17.8 Å². The summed E-state index contributed by atoms with van der Waals surface area (Å²) in [7, 11) is 0.485. The zero-order chi connectivity index (χ0) is 17.7. The summed E-state index contributed by atoms with van der Waals surface area (Å²) >= 11 is 0. The van der Waals surface area contributed by atoms with Gasteiger partial charge in [-0.1, -0.05) is 78.2 Å². The molecule has 0 amide bonds. The van der Waals surface area contributed by atoms with Gasteiger partial charge in [-0.3, -0.25) is 0 Å². The molecular weight excluding hydrogens is 364 g/mol. The molecule has 0 aliphatic heterocycles. The van der Waals surface area contributed by atoms with Gasteiger partial charge in [-0.2, -0.15) is 0 Å². The molecule has 0 saturated carbocycles. The maximum atomic E-state index is 11.2. The summed E-state index contributed by atoms with van der Waals surface area (Å²) in [6.45, 7) is 11.4. The normalized spacial score (nSPS) is 13.8. The van der Waals surface area contributed by atoms with Crippen LogP contribution in [-0.4, -0.2) is 90.9 Å². The first-order valence-corrected chi connectivity index (χ1v) is 10.4. The second-order valence-corrected chi connectivity index (χ2v) is 8.28. The Labute approximate surface area is 219 Å². The van der Waals surface area contributed by atoms with E-state index >= 15 is 0 Å². The Morgan fingerprint density at radius 1 is 0.920 bits per heavy atom. The number of hydrogen-bond donors (Lipinski definition) is 0. The van der Waals surface area contributed by atoms with Crippen LogP contribution in [0.2, 0.25) is 0 Å². The van der Waals surface area contributed by atoms with E-state index in [1.807, 2.05) is 6.92 Å². The fourth-order valence-electron chi connectivity index (χ4n) is 3.04. The van der Waals surface area contributed by atoms with Gasteiger partial charge in [-0.15, -0.1) is 0 Å². The van der Waals surface area contributed by atoms with Crippen molar-refractivity contribution in [3.8, 4) is 0 Å². The predicted octanol–water partition coefficient (Wildman–Crippen LogP) is 3.63. The molecule has 0 saturated heterocycles. The summed E-state index contributed by atoms with van der Waals surface area (Å²) in [6, 6.07) is 0. The molecule has 25 heavy (non-hydrogen) atoms. The van der Waals surface area contributed by atoms with Crippen molar-refractivity contribution in [2.75, 3.05) is 0 Å². The van der Waals surface area contributed by atoms with Gasteiger partial charge < -0.3 is 4.43 Å². The smallest absolute Gasteiger partial charge is 0.316 e. The first-order chi connectivity index (χ1) is 10.8. The molecule has 2 atom stereocenters. The van der Waals surface area contributed by atoms with Crippen molar-refractivity contribution in [1.82, 2.24) is 0 Å². The molecule has 5 heteroatoms. The summed E-state index contributed by atoms with van der Waals surface area (Å²) < 4.78 is 4.79. The van der Waals surface area contributed by atoms with Crippen molar-refractivity contribution in [3.63, 3.8) is 0 Å². The van der Waals surface area contributed by atoms with E-state index in [2.05, 4.69) is 27.7 Å². The number of allylic oxidation sites excluding steroid dienone is 1. The molecule has 0 radical (unpaired) electrons. The molecule has 0 N–H and O–H groups in total. The summed E-state index contributed by atoms with van der Waals surface area (Å²) in [6.07, 6.45) is 13.4. The zero-order valence-corrected chi connectivity index (χ0v) is 18.5. The quantitative estimate of drug-likeness (QED) is 0.345. The van der Waals surface area contributed by atoms with E-state index in [0.717, 1.165) is 29.7 Å². The fraction of sp³-hybridized carbons (Fsp3) is 0.850. The number of hydrogen-bond acceptors (Lipinski definition) is 2. The van der Waals surface area contributed by atoms with Crippen LogP contribution in [0.4, 0.5) is 0 Å². The second-order valence-electron chi connectivity index (χ2n) is 7.87. The van der Waals surface area contributed by atoms with Gasteiger partial charge in [0.05, 0.1) is 0 Å². The van der Waals surface area contributed by atoms with Crippen molar-refractivity contribution in [1.29, 1.82) is 0 Å². The van der Waals surface area contributed by atoms with Crippen LogP contribution in [0, 0.1) is 17.8 Å². The van der Waals surface area contributed by atoms with Gasteiger partial charge >= 0.3 is 80.4 Å². The zero-order valence-electron chi connectivity index (χ0n) is 16.5. The van der Waals surface area contributed by atoms with Gasteiger partial charge in [0.2, 0.25) is 10.5 Å². The molecule has 0 aliphatic rings. The summed E-state index contributed by atoms with van der Waals surface area (Å²) in [5, 5.41) is 0. The second kappa shape index (κ2) is 20.6. The first kappa shape index (κ1) is 31.5. The average molecular weight is 407 g/mol. The number of carbonyl (C=O) groups is 1. The van der Waals surface area contributed by atoms with Gasteiger partial charge in [-0.25, -0.2) is 4.79 Å². The van der Waals surface area contributed by atoms with Crippen LogP contribution in [0.1, 0.15) is 92.4 Å². The van der Waals surface area contributed by atoms with E-state index in [1.54, 1.807) is 6.08 Å². The van der Waals surface area contributed by atoms with Crippen LogP contribution >= 0.6 is 0 Å². The van der Waals surface area contributed by atoms with Crippen LogP contribution in [0.3, 0.4) is 0 Å². The molecule has 142 valence electrons. The molecule has 0 aliphatic carbocycles. The summed E-state index contributed by atoms with van der Waals surface area (Å²) in [5.41, 5.74) is 1.15. The number of carbonyl (C=O) groups excluding carboxylic acids is 1. The van der Waals surface area contributed by atoms with E-state index < -0.39 is 0 Å². The molecule has 0 spiro atoms. The SMILES string of the molecule is C/C(=C\C(=O)O[SiH3])CCC[C@H](C)CCC[C@H](C)CCCC(C)C.[KH].[MgH2]. The molecular formula is C20H43KMgO2Si. The van der Waals surface area contributed by atoms with Crippen molar-refractivity contribution in [2.45, 2.75) is 92.4 Å². The van der Waals surface area contributed by atoms with Crippen LogP contribution in [0.5, 0.6) is 0 Å². The fourth-order valence-corrected chi connectivity index (χ4v) is 3.16. The molecule has 0 aromatic carbocycles. The van der Waals surface area contributed by atoms with Gasteiger partial charge in [-0.05, 0) is 37.5 Å². The summed E-state index contributed by atoms with van der Waals surface area (Å²) in [4.78, 5) is 11.2. The third-order valence-corrected chi connectivity index (χ3v) is 5.11. The topological polar surface area (TPSA) is 26.3 Å². The molecule has 0 bridgehead atoms. The standard InChI is InChI=1S/C20H40O2Si.K.Mg.3H/c1-16(2)9-6-10-17(3)11-7-12-18(4)13-8-14-19(5)15-20(21)22-23;;;;;/h15-18H,6-14H2,1-5,23H3;;;;;/b19-15+;;;;;/t17-,18-;;;;;/m1...../s1. The van der Waals surface area contributed by atoms with Crippen LogP contribution in [0.25, 0.3) is 0 Å². The predicted molar refractivity (Wildman–Crippen MR) is 120 cm³/mol. The molecule has 0 heterocycles. The Balaban J connectivity index is -0.00000242. The van der Waals surface area contributed by atoms with Crippen LogP contribution in [-0.2, 0) is 9.22 Å². The largest absolute Gasteiger partial charge is 0.316 e. The first-order valence-electron chi connectivity index (χ1n) is 9.60. The Bertz CT molecular complexity index is 349. The van der Waals surface area contributed by atoms with E-state index in [0.29, 0.717) is 10.5 Å². The van der Waals surface area contributed by atoms with Gasteiger partial charge in [0.15, 0.2) is 0 Å². The van der Waals surface area contributed by atoms with Crippen LogP contribution < -0.4 is 0 Å². The van der Waals surface area contributed by atoms with E-state index in [9.17, 15) is 4.79 Å². The third-order valence-electron chi connectivity index (χ3n) is 4.71. The molecule has 0 fully saturated rings. The van der Waals surface area contributed by atoms with Gasteiger partial charge in [0.25, 0.3) is 0 Å². The maximum Gasteiger partial charge on any atom is 0.316 e. The van der Waals surface area contributed by atoms with E-state index in [4.69, 9.17) is 4.43 Å². The Kier molecular flexibility index (Phi) is 25.9. The van der Waals surface area contributed by atoms with Gasteiger partial charge in [0.1, 0.15) is 0 Å². The average Bonchev–Trinajstić information content (AvgIpc) is 2.46. The Morgan fingerprint density at radius 3 is 1.80 bits per heavy atom. The minimum atomic E-state index is -0.173. The molecule has 0 aromatic rings. The van der Waals surface area contributed by atoms with Crippen molar-refractivity contribution in [3.05, 3.63) is 11.6 Å². The molecule has 0 aromatic heterocycles. The molecule has 2 nitrogen and oxygen atoms in total. The summed E-state index contributed by atoms with van der Waals surface area (Å²) in [5.74, 6) is 2.36. The van der Waals surface area contributed by atoms with E-state index in [-0.39, 0.29) is 80.4 Å². The van der Waals surface area contributed by atoms with E-state index in [1.165, 1.54) is 51.4 Å².